The smallest absolute Gasteiger partial charge is 0.243 e. The lowest BCUT2D eigenvalue weighted by Gasteiger charge is -2.24. The van der Waals surface area contributed by atoms with Crippen molar-refractivity contribution in [3.8, 4) is 0 Å². The van der Waals surface area contributed by atoms with E-state index in [2.05, 4.69) is 9.88 Å². The molecule has 1 aliphatic heterocycles. The average Bonchev–Trinajstić information content (AvgIpc) is 2.88. The average molecular weight is 410 g/mol. The molecule has 0 radical (unpaired) electrons. The second-order valence-corrected chi connectivity index (χ2v) is 10.6. The van der Waals surface area contributed by atoms with Gasteiger partial charge >= 0.3 is 0 Å². The molecular weight excluding hydrogens is 386 g/mol. The minimum atomic E-state index is -3.66. The van der Waals surface area contributed by atoms with Crippen LogP contribution in [0.4, 0.5) is 5.69 Å². The third kappa shape index (κ3) is 4.31. The highest BCUT2D eigenvalue weighted by atomic mass is 32.2. The first-order chi connectivity index (χ1) is 12.7. The summed E-state index contributed by atoms with van der Waals surface area (Å²) >= 11 is 0. The van der Waals surface area contributed by atoms with Crippen LogP contribution in [0.5, 0.6) is 0 Å². The molecule has 2 heterocycles. The van der Waals surface area contributed by atoms with Crippen LogP contribution in [0.25, 0.3) is 0 Å². The molecule has 1 aromatic carbocycles. The zero-order chi connectivity index (χ0) is 19.7. The maximum absolute atomic E-state index is 13.0. The van der Waals surface area contributed by atoms with Gasteiger partial charge in [0.2, 0.25) is 10.0 Å². The van der Waals surface area contributed by atoms with Crippen molar-refractivity contribution >= 4 is 25.5 Å². The van der Waals surface area contributed by atoms with Crippen molar-refractivity contribution < 1.29 is 16.8 Å². The predicted octanol–water partition coefficient (Wildman–Crippen LogP) is 1.69. The van der Waals surface area contributed by atoms with Crippen LogP contribution in [-0.2, 0) is 19.9 Å². The van der Waals surface area contributed by atoms with E-state index in [0.29, 0.717) is 26.1 Å². The van der Waals surface area contributed by atoms with Crippen LogP contribution in [0.3, 0.4) is 0 Å². The molecule has 0 amide bonds. The van der Waals surface area contributed by atoms with Gasteiger partial charge in [0.25, 0.3) is 0 Å². The molecule has 0 saturated carbocycles. The van der Waals surface area contributed by atoms with Crippen LogP contribution in [0.15, 0.2) is 52.5 Å². The summed E-state index contributed by atoms with van der Waals surface area (Å²) in [4.78, 5) is 6.51. The molecule has 1 saturated heterocycles. The first-order valence-electron chi connectivity index (χ1n) is 8.65. The molecule has 3 rings (SSSR count). The van der Waals surface area contributed by atoms with Gasteiger partial charge in [-0.3, -0.25) is 4.98 Å². The summed E-state index contributed by atoms with van der Waals surface area (Å²) in [5.41, 5.74) is 2.13. The minimum absolute atomic E-state index is 0.108. The second kappa shape index (κ2) is 7.57. The number of benzene rings is 1. The maximum Gasteiger partial charge on any atom is 0.243 e. The van der Waals surface area contributed by atoms with E-state index >= 15 is 0 Å². The van der Waals surface area contributed by atoms with Gasteiger partial charge in [-0.15, -0.1) is 0 Å². The number of rotatable bonds is 4. The second-order valence-electron chi connectivity index (χ2n) is 6.65. The van der Waals surface area contributed by atoms with Crippen molar-refractivity contribution in [1.29, 1.82) is 0 Å². The zero-order valence-corrected chi connectivity index (χ0v) is 17.0. The number of hydrogen-bond acceptors (Lipinski definition) is 6. The number of aryl methyl sites for hydroxylation is 1. The molecule has 0 spiro atoms. The van der Waals surface area contributed by atoms with Crippen LogP contribution in [0.1, 0.15) is 12.0 Å². The lowest BCUT2D eigenvalue weighted by molar-refractivity contribution is 0.433. The Morgan fingerprint density at radius 1 is 0.889 bits per heavy atom. The van der Waals surface area contributed by atoms with Gasteiger partial charge in [-0.25, -0.2) is 16.8 Å². The highest BCUT2D eigenvalue weighted by molar-refractivity contribution is 7.90. The molecular formula is C18H23N3O4S2. The lowest BCUT2D eigenvalue weighted by Crippen LogP contribution is -2.35. The Kier molecular flexibility index (Phi) is 5.55. The van der Waals surface area contributed by atoms with Crippen molar-refractivity contribution in [2.45, 2.75) is 23.1 Å². The van der Waals surface area contributed by atoms with Gasteiger partial charge < -0.3 is 4.90 Å². The quantitative estimate of drug-likeness (QED) is 0.764. The SMILES string of the molecule is Cc1cnccc1N1CCCN(S(=O)(=O)c2ccc(S(C)(=O)=O)cc2)CC1. The number of anilines is 1. The predicted molar refractivity (Wildman–Crippen MR) is 104 cm³/mol. The number of sulfonamides is 1. The minimum Gasteiger partial charge on any atom is -0.370 e. The summed E-state index contributed by atoms with van der Waals surface area (Å²) in [5.74, 6) is 0. The van der Waals surface area contributed by atoms with Gasteiger partial charge in [0.15, 0.2) is 9.84 Å². The molecule has 146 valence electrons. The highest BCUT2D eigenvalue weighted by Gasteiger charge is 2.27. The monoisotopic (exact) mass is 409 g/mol. The summed E-state index contributed by atoms with van der Waals surface area (Å²) in [5, 5.41) is 0. The zero-order valence-electron chi connectivity index (χ0n) is 15.4. The topological polar surface area (TPSA) is 87.7 Å². The molecule has 1 aliphatic rings. The molecule has 0 unspecified atom stereocenters. The van der Waals surface area contributed by atoms with Gasteiger partial charge in [0.05, 0.1) is 9.79 Å². The molecule has 1 aromatic heterocycles. The molecule has 0 aliphatic carbocycles. The van der Waals surface area contributed by atoms with E-state index in [0.717, 1.165) is 24.1 Å². The summed E-state index contributed by atoms with van der Waals surface area (Å²) in [7, 11) is -7.02. The first-order valence-corrected chi connectivity index (χ1v) is 12.0. The molecule has 1 fully saturated rings. The van der Waals surface area contributed by atoms with Crippen LogP contribution in [-0.4, -0.2) is 58.6 Å². The van der Waals surface area contributed by atoms with E-state index in [-0.39, 0.29) is 9.79 Å². The summed E-state index contributed by atoms with van der Waals surface area (Å²) in [6.07, 6.45) is 5.35. The van der Waals surface area contributed by atoms with Crippen LogP contribution in [0.2, 0.25) is 0 Å². The van der Waals surface area contributed by atoms with E-state index < -0.39 is 19.9 Å². The molecule has 2 aromatic rings. The summed E-state index contributed by atoms with van der Waals surface area (Å²) in [6.45, 7) is 4.15. The van der Waals surface area contributed by atoms with Crippen molar-refractivity contribution in [3.05, 3.63) is 48.3 Å². The Morgan fingerprint density at radius 2 is 1.56 bits per heavy atom. The van der Waals surface area contributed by atoms with Gasteiger partial charge in [0.1, 0.15) is 0 Å². The van der Waals surface area contributed by atoms with Gasteiger partial charge in [0, 0.05) is 50.5 Å². The standard InChI is InChI=1S/C18H23N3O4S2/c1-15-14-19-9-8-18(15)20-10-3-11-21(13-12-20)27(24,25)17-6-4-16(5-7-17)26(2,22)23/h4-9,14H,3,10-13H2,1-2H3. The molecule has 0 atom stereocenters. The number of hydrogen-bond donors (Lipinski definition) is 0. The van der Waals surface area contributed by atoms with E-state index in [1.165, 1.54) is 28.6 Å². The fourth-order valence-electron chi connectivity index (χ4n) is 3.20. The van der Waals surface area contributed by atoms with Crippen molar-refractivity contribution in [3.63, 3.8) is 0 Å². The van der Waals surface area contributed by atoms with Gasteiger partial charge in [-0.05, 0) is 49.2 Å². The Bertz CT molecular complexity index is 1020. The highest BCUT2D eigenvalue weighted by Crippen LogP contribution is 2.23. The van der Waals surface area contributed by atoms with Crippen molar-refractivity contribution in [2.75, 3.05) is 37.3 Å². The Labute approximate surface area is 160 Å². The first kappa shape index (κ1) is 19.8. The van der Waals surface area contributed by atoms with Gasteiger partial charge in [-0.1, -0.05) is 0 Å². The molecule has 7 nitrogen and oxygen atoms in total. The molecule has 0 N–H and O–H groups in total. The number of nitrogens with zero attached hydrogens (tertiary/aromatic N) is 3. The lowest BCUT2D eigenvalue weighted by atomic mass is 10.2. The largest absolute Gasteiger partial charge is 0.370 e. The van der Waals surface area contributed by atoms with E-state index in [1.807, 2.05) is 13.0 Å². The van der Waals surface area contributed by atoms with Crippen LogP contribution >= 0.6 is 0 Å². The maximum atomic E-state index is 13.0. The van der Waals surface area contributed by atoms with Crippen LogP contribution in [0, 0.1) is 6.92 Å². The van der Waals surface area contributed by atoms with E-state index in [4.69, 9.17) is 0 Å². The summed E-state index contributed by atoms with van der Waals surface area (Å²) in [6, 6.07) is 7.35. The number of aromatic nitrogens is 1. The van der Waals surface area contributed by atoms with E-state index in [9.17, 15) is 16.8 Å². The van der Waals surface area contributed by atoms with E-state index in [1.54, 1.807) is 12.4 Å². The fourth-order valence-corrected chi connectivity index (χ4v) is 5.30. The fraction of sp³-hybridized carbons (Fsp3) is 0.389. The molecule has 9 heteroatoms. The Hall–Kier alpha value is -1.97. The number of sulfone groups is 1. The number of pyridine rings is 1. The summed E-state index contributed by atoms with van der Waals surface area (Å²) < 4.78 is 50.5. The molecule has 0 bridgehead atoms. The normalized spacial score (nSPS) is 16.9. The van der Waals surface area contributed by atoms with Gasteiger partial charge in [-0.2, -0.15) is 4.31 Å². The van der Waals surface area contributed by atoms with Crippen molar-refractivity contribution in [2.24, 2.45) is 0 Å². The molecule has 27 heavy (non-hydrogen) atoms. The van der Waals surface area contributed by atoms with Crippen molar-refractivity contribution in [1.82, 2.24) is 9.29 Å². The Balaban J connectivity index is 1.79. The third-order valence-electron chi connectivity index (χ3n) is 4.68. The Morgan fingerprint density at radius 3 is 2.19 bits per heavy atom. The third-order valence-corrected chi connectivity index (χ3v) is 7.72. The van der Waals surface area contributed by atoms with Crippen LogP contribution < -0.4 is 4.90 Å².